The molecule has 1 aliphatic heterocycles. The molecule has 1 atom stereocenters. The molecule has 0 aromatic heterocycles. The summed E-state index contributed by atoms with van der Waals surface area (Å²) in [6, 6.07) is 0. The van der Waals surface area contributed by atoms with E-state index in [4.69, 9.17) is 4.74 Å². The summed E-state index contributed by atoms with van der Waals surface area (Å²) in [5.74, 6) is -0.176. The number of ether oxygens (including phenoxy) is 1. The zero-order chi connectivity index (χ0) is 12.0. The Morgan fingerprint density at radius 1 is 1.31 bits per heavy atom. The molecule has 16 heavy (non-hydrogen) atoms. The fraction of sp³-hybridized carbons (Fsp3) is 0.538. The highest BCUT2D eigenvalue weighted by molar-refractivity contribution is 6.06. The molecule has 0 saturated carbocycles. The van der Waals surface area contributed by atoms with Crippen molar-refractivity contribution in [2.45, 2.75) is 39.2 Å². The highest BCUT2D eigenvalue weighted by Crippen LogP contribution is 2.38. The van der Waals surface area contributed by atoms with Gasteiger partial charge in [-0.2, -0.15) is 0 Å². The summed E-state index contributed by atoms with van der Waals surface area (Å²) in [5.41, 5.74) is -0.151. The van der Waals surface area contributed by atoms with Crippen LogP contribution >= 0.6 is 0 Å². The molecule has 2 aliphatic rings. The lowest BCUT2D eigenvalue weighted by Gasteiger charge is -2.30. The van der Waals surface area contributed by atoms with E-state index in [1.807, 2.05) is 26.8 Å². The van der Waals surface area contributed by atoms with Gasteiger partial charge in [0.05, 0.1) is 0 Å². The molecule has 86 valence electrons. The Balaban J connectivity index is 2.39. The van der Waals surface area contributed by atoms with Gasteiger partial charge in [0.25, 0.3) is 0 Å². The molecule has 3 nitrogen and oxygen atoms in total. The predicted octanol–water partition coefficient (Wildman–Crippen LogP) is 2.17. The summed E-state index contributed by atoms with van der Waals surface area (Å²) in [7, 11) is 0. The average Bonchev–Trinajstić information content (AvgIpc) is 2.51. The molecular formula is C13H16O3. The van der Waals surface area contributed by atoms with Crippen molar-refractivity contribution >= 4 is 11.8 Å². The molecule has 1 saturated heterocycles. The van der Waals surface area contributed by atoms with Crippen LogP contribution in [0, 0.1) is 5.41 Å². The number of esters is 1. The number of rotatable bonds is 0. The van der Waals surface area contributed by atoms with Gasteiger partial charge >= 0.3 is 5.97 Å². The largest absolute Gasteiger partial charge is 0.450 e. The number of hydrogen-bond donors (Lipinski definition) is 0. The van der Waals surface area contributed by atoms with Gasteiger partial charge in [0.15, 0.2) is 11.4 Å². The maximum absolute atomic E-state index is 11.8. The van der Waals surface area contributed by atoms with Crippen LogP contribution in [0.5, 0.6) is 0 Å². The molecule has 0 N–H and O–H groups in total. The number of carbonyl (C=O) groups excluding carboxylic acids is 2. The summed E-state index contributed by atoms with van der Waals surface area (Å²) >= 11 is 0. The smallest absolute Gasteiger partial charge is 0.307 e. The van der Waals surface area contributed by atoms with Crippen LogP contribution in [0.15, 0.2) is 23.8 Å². The van der Waals surface area contributed by atoms with Crippen LogP contribution in [0.3, 0.4) is 0 Å². The second-order valence-electron chi connectivity index (χ2n) is 5.43. The highest BCUT2D eigenvalue weighted by atomic mass is 16.6. The molecular weight excluding hydrogens is 204 g/mol. The third kappa shape index (κ3) is 1.82. The van der Waals surface area contributed by atoms with Crippen molar-refractivity contribution in [3.63, 3.8) is 0 Å². The monoisotopic (exact) mass is 220 g/mol. The Labute approximate surface area is 95.2 Å². The van der Waals surface area contributed by atoms with E-state index in [0.29, 0.717) is 12.8 Å². The normalized spacial score (nSPS) is 29.6. The van der Waals surface area contributed by atoms with Gasteiger partial charge in [-0.1, -0.05) is 20.8 Å². The number of ketones is 1. The Morgan fingerprint density at radius 2 is 2.00 bits per heavy atom. The topological polar surface area (TPSA) is 43.4 Å². The van der Waals surface area contributed by atoms with E-state index in [-0.39, 0.29) is 17.2 Å². The second-order valence-corrected chi connectivity index (χ2v) is 5.43. The second kappa shape index (κ2) is 3.30. The molecule has 1 spiro atoms. The molecule has 1 heterocycles. The zero-order valence-corrected chi connectivity index (χ0v) is 9.87. The fourth-order valence-electron chi connectivity index (χ4n) is 2.09. The van der Waals surface area contributed by atoms with Crippen LogP contribution < -0.4 is 0 Å². The molecule has 1 fully saturated rings. The fourth-order valence-corrected chi connectivity index (χ4v) is 2.09. The average molecular weight is 220 g/mol. The number of hydrogen-bond acceptors (Lipinski definition) is 3. The lowest BCUT2D eigenvalue weighted by Crippen LogP contribution is -2.31. The maximum atomic E-state index is 11.8. The zero-order valence-electron chi connectivity index (χ0n) is 9.87. The van der Waals surface area contributed by atoms with E-state index in [9.17, 15) is 9.59 Å². The standard InChI is InChI=1S/C13H16O3/c1-12(2,3)9-8-13(6-4-10(9)14)7-5-11(15)16-13/h4,6,8H,5,7H2,1-3H3. The van der Waals surface area contributed by atoms with E-state index in [0.717, 1.165) is 5.57 Å². The summed E-state index contributed by atoms with van der Waals surface area (Å²) in [4.78, 5) is 23.0. The van der Waals surface area contributed by atoms with Crippen LogP contribution in [0.1, 0.15) is 33.6 Å². The van der Waals surface area contributed by atoms with Gasteiger partial charge in [-0.05, 0) is 23.6 Å². The molecule has 0 aromatic rings. The van der Waals surface area contributed by atoms with E-state index in [2.05, 4.69) is 0 Å². The first-order valence-electron chi connectivity index (χ1n) is 5.51. The van der Waals surface area contributed by atoms with Crippen LogP contribution in [-0.2, 0) is 14.3 Å². The molecule has 3 heteroatoms. The van der Waals surface area contributed by atoms with Crippen LogP contribution in [0.4, 0.5) is 0 Å². The third-order valence-corrected chi connectivity index (χ3v) is 3.00. The van der Waals surface area contributed by atoms with Crippen molar-refractivity contribution in [3.8, 4) is 0 Å². The van der Waals surface area contributed by atoms with Crippen molar-refractivity contribution in [3.05, 3.63) is 23.8 Å². The van der Waals surface area contributed by atoms with Gasteiger partial charge in [-0.3, -0.25) is 9.59 Å². The van der Waals surface area contributed by atoms with Gasteiger partial charge in [0.1, 0.15) is 0 Å². The number of allylic oxidation sites excluding steroid dienone is 2. The molecule has 0 bridgehead atoms. The Kier molecular flexibility index (Phi) is 2.30. The third-order valence-electron chi connectivity index (χ3n) is 3.00. The first-order chi connectivity index (χ1) is 7.32. The van der Waals surface area contributed by atoms with Gasteiger partial charge in [-0.15, -0.1) is 0 Å². The van der Waals surface area contributed by atoms with Crippen molar-refractivity contribution in [2.24, 2.45) is 5.41 Å². The van der Waals surface area contributed by atoms with Crippen LogP contribution in [0.2, 0.25) is 0 Å². The SMILES string of the molecule is CC(C)(C)C1=CC2(C=CC1=O)CCC(=O)O2. The van der Waals surface area contributed by atoms with Gasteiger partial charge < -0.3 is 4.74 Å². The maximum Gasteiger partial charge on any atom is 0.307 e. The molecule has 2 rings (SSSR count). The lowest BCUT2D eigenvalue weighted by molar-refractivity contribution is -0.143. The summed E-state index contributed by atoms with van der Waals surface area (Å²) in [6.45, 7) is 5.96. The molecule has 1 aliphatic carbocycles. The minimum absolute atomic E-state index is 0.0149. The Hall–Kier alpha value is -1.38. The van der Waals surface area contributed by atoms with E-state index >= 15 is 0 Å². The minimum Gasteiger partial charge on any atom is -0.450 e. The van der Waals surface area contributed by atoms with Gasteiger partial charge in [-0.25, -0.2) is 0 Å². The molecule has 1 unspecified atom stereocenters. The van der Waals surface area contributed by atoms with Gasteiger partial charge in [0.2, 0.25) is 0 Å². The van der Waals surface area contributed by atoms with E-state index in [1.54, 1.807) is 6.08 Å². The van der Waals surface area contributed by atoms with Crippen molar-refractivity contribution in [1.29, 1.82) is 0 Å². The van der Waals surface area contributed by atoms with E-state index < -0.39 is 5.60 Å². The molecule has 0 radical (unpaired) electrons. The highest BCUT2D eigenvalue weighted by Gasteiger charge is 2.41. The molecule has 0 aromatic carbocycles. The number of carbonyl (C=O) groups is 2. The van der Waals surface area contributed by atoms with Crippen LogP contribution in [0.25, 0.3) is 0 Å². The first kappa shape index (κ1) is 11.1. The van der Waals surface area contributed by atoms with Gasteiger partial charge in [0, 0.05) is 18.4 Å². The summed E-state index contributed by atoms with van der Waals surface area (Å²) < 4.78 is 5.31. The summed E-state index contributed by atoms with van der Waals surface area (Å²) in [6.07, 6.45) is 6.11. The Morgan fingerprint density at radius 3 is 2.50 bits per heavy atom. The van der Waals surface area contributed by atoms with E-state index in [1.165, 1.54) is 6.08 Å². The lowest BCUT2D eigenvalue weighted by atomic mass is 9.77. The quantitative estimate of drug-likeness (QED) is 0.588. The first-order valence-corrected chi connectivity index (χ1v) is 5.51. The Bertz CT molecular complexity index is 409. The van der Waals surface area contributed by atoms with Crippen molar-refractivity contribution in [1.82, 2.24) is 0 Å². The predicted molar refractivity (Wildman–Crippen MR) is 59.7 cm³/mol. The van der Waals surface area contributed by atoms with Crippen molar-refractivity contribution < 1.29 is 14.3 Å². The van der Waals surface area contributed by atoms with Crippen molar-refractivity contribution in [2.75, 3.05) is 0 Å². The summed E-state index contributed by atoms with van der Waals surface area (Å²) in [5, 5.41) is 0. The van der Waals surface area contributed by atoms with Crippen LogP contribution in [-0.4, -0.2) is 17.4 Å². The minimum atomic E-state index is -0.659. The molecule has 0 amide bonds.